The van der Waals surface area contributed by atoms with Crippen molar-refractivity contribution in [1.29, 1.82) is 0 Å². The van der Waals surface area contributed by atoms with Crippen LogP contribution in [-0.2, 0) is 15.6 Å². The zero-order valence-corrected chi connectivity index (χ0v) is 3.79. The molecule has 0 saturated heterocycles. The van der Waals surface area contributed by atoms with Crippen molar-refractivity contribution in [1.82, 2.24) is 0 Å². The molecule has 2 nitrogen and oxygen atoms in total. The summed E-state index contributed by atoms with van der Waals surface area (Å²) in [6, 6.07) is 0. The minimum atomic E-state index is 0.544. The van der Waals surface area contributed by atoms with Crippen LogP contribution in [0.25, 0.3) is 0 Å². The minimum absolute atomic E-state index is 0.544. The third-order valence-electron chi connectivity index (χ3n) is 0.409. The van der Waals surface area contributed by atoms with Crippen LogP contribution in [0.4, 0.5) is 0 Å². The van der Waals surface area contributed by atoms with Gasteiger partial charge in [-0.1, -0.05) is 0 Å². The van der Waals surface area contributed by atoms with Crippen molar-refractivity contribution in [2.24, 2.45) is 9.98 Å². The molecule has 0 bridgehead atoms. The summed E-state index contributed by atoms with van der Waals surface area (Å²) >= 11 is 4.70. The van der Waals surface area contributed by atoms with Crippen molar-refractivity contribution in [2.75, 3.05) is 0 Å². The predicted octanol–water partition coefficient (Wildman–Crippen LogP) is -0.224. The summed E-state index contributed by atoms with van der Waals surface area (Å²) in [7, 11) is 0. The van der Waals surface area contributed by atoms with Gasteiger partial charge in [-0.2, -0.15) is 0 Å². The number of aliphatic imine (C=N–C) groups is 2. The Bertz CT molecular complexity index is 111. The van der Waals surface area contributed by atoms with Gasteiger partial charge in [-0.15, -0.1) is 0 Å². The van der Waals surface area contributed by atoms with Gasteiger partial charge in [0.05, 0.1) is 0 Å². The standard InChI is InChI=1S/C3H2N2.Cu/c1-2-5-3-4-1;/h1,3H;. The average Bonchev–Trinajstić information content (AvgIpc) is 1.86. The topological polar surface area (TPSA) is 24.7 Å². The van der Waals surface area contributed by atoms with Gasteiger partial charge in [0.2, 0.25) is 0 Å². The van der Waals surface area contributed by atoms with Gasteiger partial charge in [0.1, 0.15) is 0 Å². The third-order valence-corrected chi connectivity index (χ3v) is 0.652. The summed E-state index contributed by atoms with van der Waals surface area (Å²) in [5.74, 6) is 0. The second-order valence-electron chi connectivity index (χ2n) is 0.806. The van der Waals surface area contributed by atoms with Gasteiger partial charge in [0.15, 0.2) is 0 Å². The van der Waals surface area contributed by atoms with Crippen LogP contribution in [0.15, 0.2) is 9.98 Å². The molecule has 0 saturated carbocycles. The molecule has 3 heteroatoms. The molecular formula is C3H2CuN2. The molecule has 1 aliphatic rings. The van der Waals surface area contributed by atoms with E-state index in [0.29, 0.717) is 4.54 Å². The fourth-order valence-electron chi connectivity index (χ4n) is 0.207. The third kappa shape index (κ3) is 0.614. The van der Waals surface area contributed by atoms with E-state index in [-0.39, 0.29) is 0 Å². The quantitative estimate of drug-likeness (QED) is 0.404. The molecule has 0 radical (unpaired) electrons. The van der Waals surface area contributed by atoms with E-state index >= 15 is 0 Å². The Balaban J connectivity index is 2.86. The van der Waals surface area contributed by atoms with Crippen molar-refractivity contribution >= 4 is 17.1 Å². The second-order valence-corrected chi connectivity index (χ2v) is 1.29. The summed E-state index contributed by atoms with van der Waals surface area (Å²) in [6.07, 6.45) is 2.96. The molecule has 0 fully saturated rings. The van der Waals surface area contributed by atoms with Crippen LogP contribution in [0.3, 0.4) is 0 Å². The van der Waals surface area contributed by atoms with E-state index in [1.54, 1.807) is 0 Å². The molecule has 35 valence electrons. The van der Waals surface area contributed by atoms with Crippen LogP contribution in [0.5, 0.6) is 0 Å². The van der Waals surface area contributed by atoms with Gasteiger partial charge in [0, 0.05) is 0 Å². The Labute approximate surface area is 43.4 Å². The van der Waals surface area contributed by atoms with Crippen molar-refractivity contribution in [3.63, 3.8) is 0 Å². The molecule has 6 heavy (non-hydrogen) atoms. The molecule has 0 spiro atoms. The molecule has 0 unspecified atom stereocenters. The van der Waals surface area contributed by atoms with E-state index in [0.717, 1.165) is 0 Å². The Kier molecular flexibility index (Phi) is 0.945. The van der Waals surface area contributed by atoms with Crippen LogP contribution < -0.4 is 0 Å². The summed E-state index contributed by atoms with van der Waals surface area (Å²) in [4.78, 5) is 7.21. The molecule has 0 aliphatic carbocycles. The molecule has 0 aromatic carbocycles. The van der Waals surface area contributed by atoms with Crippen LogP contribution in [0.1, 0.15) is 0 Å². The number of hydrogen-bond donors (Lipinski definition) is 0. The first kappa shape index (κ1) is 3.90. The van der Waals surface area contributed by atoms with Crippen molar-refractivity contribution in [3.8, 4) is 0 Å². The molecule has 0 N–H and O–H groups in total. The molecule has 0 aromatic rings. The predicted molar refractivity (Wildman–Crippen MR) is 22.0 cm³/mol. The number of nitrogens with zero attached hydrogens (tertiary/aromatic N) is 2. The van der Waals surface area contributed by atoms with E-state index < -0.39 is 0 Å². The van der Waals surface area contributed by atoms with E-state index in [1.165, 1.54) is 12.6 Å². The Morgan fingerprint density at radius 3 is 2.67 bits per heavy atom. The van der Waals surface area contributed by atoms with Crippen molar-refractivity contribution < 1.29 is 15.6 Å². The Hall–Kier alpha value is -0.271. The summed E-state index contributed by atoms with van der Waals surface area (Å²) in [6.45, 7) is 0. The van der Waals surface area contributed by atoms with E-state index in [9.17, 15) is 0 Å². The summed E-state index contributed by atoms with van der Waals surface area (Å²) in [5, 5.41) is 0. The molecule has 0 atom stereocenters. The van der Waals surface area contributed by atoms with Gasteiger partial charge < -0.3 is 0 Å². The molecule has 0 aromatic heterocycles. The van der Waals surface area contributed by atoms with Crippen molar-refractivity contribution in [3.05, 3.63) is 0 Å². The first-order valence-corrected chi connectivity index (χ1v) is 1.91. The molecule has 1 rings (SSSR count). The number of hydrogen-bond acceptors (Lipinski definition) is 2. The fourth-order valence-corrected chi connectivity index (χ4v) is 0.331. The SMILES string of the molecule is [Cu]=[C]1C=NC=N1. The van der Waals surface area contributed by atoms with E-state index in [2.05, 4.69) is 9.98 Å². The maximum absolute atomic E-state index is 4.70. The van der Waals surface area contributed by atoms with Gasteiger partial charge in [-0.3, -0.25) is 0 Å². The normalized spacial score (nSPS) is 17.3. The van der Waals surface area contributed by atoms with Crippen molar-refractivity contribution in [2.45, 2.75) is 0 Å². The molecule has 0 amide bonds. The Morgan fingerprint density at radius 2 is 2.50 bits per heavy atom. The number of rotatable bonds is 0. The fraction of sp³-hybridized carbons (Fsp3) is 0. The Morgan fingerprint density at radius 1 is 1.67 bits per heavy atom. The summed E-state index contributed by atoms with van der Waals surface area (Å²) < 4.78 is 0.544. The van der Waals surface area contributed by atoms with Crippen LogP contribution in [-0.4, -0.2) is 17.1 Å². The molecule has 1 heterocycles. The average molecular weight is 130 g/mol. The first-order valence-electron chi connectivity index (χ1n) is 1.44. The van der Waals surface area contributed by atoms with Crippen LogP contribution >= 0.6 is 0 Å². The second kappa shape index (κ2) is 1.45. The van der Waals surface area contributed by atoms with Gasteiger partial charge >= 0.3 is 42.7 Å². The monoisotopic (exact) mass is 129 g/mol. The van der Waals surface area contributed by atoms with Crippen LogP contribution in [0.2, 0.25) is 0 Å². The maximum atomic E-state index is 4.70. The zero-order valence-electron chi connectivity index (χ0n) is 2.85. The summed E-state index contributed by atoms with van der Waals surface area (Å²) in [5.41, 5.74) is 0. The molecular weight excluding hydrogens is 128 g/mol. The molecule has 1 aliphatic heterocycles. The van der Waals surface area contributed by atoms with E-state index in [4.69, 9.17) is 15.6 Å². The van der Waals surface area contributed by atoms with Crippen LogP contribution in [0, 0.1) is 0 Å². The van der Waals surface area contributed by atoms with Gasteiger partial charge in [-0.25, -0.2) is 0 Å². The van der Waals surface area contributed by atoms with E-state index in [1.807, 2.05) is 0 Å². The van der Waals surface area contributed by atoms with Gasteiger partial charge in [0.25, 0.3) is 0 Å². The first-order chi connectivity index (χ1) is 2.89. The van der Waals surface area contributed by atoms with Gasteiger partial charge in [-0.05, 0) is 0 Å². The zero-order chi connectivity index (χ0) is 4.41.